The number of benzene rings is 3. The molecule has 4 rings (SSSR count). The van der Waals surface area contributed by atoms with E-state index in [0.29, 0.717) is 63.3 Å². The first kappa shape index (κ1) is 45.1. The minimum Gasteiger partial charge on any atom is -0.507 e. The van der Waals surface area contributed by atoms with Crippen LogP contribution in [0, 0.1) is 0 Å². The number of aliphatic hydroxyl groups is 1. The predicted molar refractivity (Wildman–Crippen MR) is 203 cm³/mol. The monoisotopic (exact) mass is 784 g/mol. The number of esters is 1. The lowest BCUT2D eigenvalue weighted by Gasteiger charge is -2.25. The van der Waals surface area contributed by atoms with Crippen molar-refractivity contribution in [2.75, 3.05) is 80.3 Å². The van der Waals surface area contributed by atoms with Gasteiger partial charge in [-0.25, -0.2) is 9.79 Å². The minimum absolute atomic E-state index is 0.0235. The first-order valence-corrected chi connectivity index (χ1v) is 17.8. The molecule has 56 heavy (non-hydrogen) atoms. The number of rotatable bonds is 22. The zero-order chi connectivity index (χ0) is 41.0. The normalized spacial score (nSPS) is 15.6. The summed E-state index contributed by atoms with van der Waals surface area (Å²) in [5.41, 5.74) is -1.34. The summed E-state index contributed by atoms with van der Waals surface area (Å²) in [6.45, 7) is 7.33. The molecule has 0 saturated carbocycles. The maximum absolute atomic E-state index is 12.6. The number of phenolic OH excluding ortho intramolecular Hbond substituents is 2. The second-order valence-electron chi connectivity index (χ2n) is 12.8. The largest absolute Gasteiger partial charge is 0.507 e. The Morgan fingerprint density at radius 3 is 1.93 bits per heavy atom. The number of hydrogen-bond donors (Lipinski definition) is 4. The fourth-order valence-electron chi connectivity index (χ4n) is 4.68. The molecule has 3 aromatic carbocycles. The van der Waals surface area contributed by atoms with Gasteiger partial charge in [0, 0.05) is 26.4 Å². The molecule has 306 valence electrons. The van der Waals surface area contributed by atoms with E-state index >= 15 is 0 Å². The molecule has 0 spiro atoms. The number of ketones is 1. The SMILES string of the molecule is COCCOCCOc1ccc(C(=O)NC(C)(CO)C(C)=O)c(O)c1.COCCOCCOc1ccc(C2=NC(C)(C(=O)OCc3ccccc3)CO2)c(O)c1. The van der Waals surface area contributed by atoms with E-state index in [-0.39, 0.29) is 42.8 Å². The lowest BCUT2D eigenvalue weighted by Crippen LogP contribution is -2.54. The summed E-state index contributed by atoms with van der Waals surface area (Å²) in [5, 5.41) is 32.1. The number of methoxy groups -OCH3 is 2. The fourth-order valence-corrected chi connectivity index (χ4v) is 4.68. The molecule has 0 saturated heterocycles. The first-order chi connectivity index (χ1) is 26.9. The number of carbonyl (C=O) groups excluding carboxylic acids is 3. The van der Waals surface area contributed by atoms with E-state index < -0.39 is 35.3 Å². The van der Waals surface area contributed by atoms with Gasteiger partial charge in [-0.05, 0) is 50.6 Å². The molecule has 0 aliphatic carbocycles. The molecule has 2 atom stereocenters. The molecule has 16 nitrogen and oxygen atoms in total. The van der Waals surface area contributed by atoms with Crippen LogP contribution in [0.1, 0.15) is 42.3 Å². The van der Waals surface area contributed by atoms with Crippen LogP contribution in [0.2, 0.25) is 0 Å². The molecule has 1 heterocycles. The van der Waals surface area contributed by atoms with Gasteiger partial charge in [0.25, 0.3) is 5.91 Å². The molecule has 0 aromatic heterocycles. The molecule has 0 radical (unpaired) electrons. The Labute approximate surface area is 326 Å². The number of ether oxygens (including phenoxy) is 8. The highest BCUT2D eigenvalue weighted by molar-refractivity contribution is 6.01. The average molecular weight is 785 g/mol. The maximum atomic E-state index is 12.6. The molecule has 0 bridgehead atoms. The van der Waals surface area contributed by atoms with Gasteiger partial charge >= 0.3 is 5.97 Å². The molecule has 1 aliphatic rings. The average Bonchev–Trinajstić information content (AvgIpc) is 3.59. The minimum atomic E-state index is -1.40. The summed E-state index contributed by atoms with van der Waals surface area (Å²) in [7, 11) is 3.19. The molecular weight excluding hydrogens is 732 g/mol. The third-order valence-electron chi connectivity index (χ3n) is 8.24. The molecular formula is C40H52N2O14. The lowest BCUT2D eigenvalue weighted by atomic mass is 9.98. The molecule has 4 N–H and O–H groups in total. The highest BCUT2D eigenvalue weighted by Crippen LogP contribution is 2.30. The van der Waals surface area contributed by atoms with Crippen LogP contribution in [0.25, 0.3) is 0 Å². The number of Topliss-reactive ketones (excluding diaryl/α,β-unsaturated/α-hetero) is 1. The van der Waals surface area contributed by atoms with E-state index in [1.807, 2.05) is 30.3 Å². The van der Waals surface area contributed by atoms with Crippen LogP contribution < -0.4 is 14.8 Å². The van der Waals surface area contributed by atoms with Crippen molar-refractivity contribution >= 4 is 23.6 Å². The van der Waals surface area contributed by atoms with Crippen molar-refractivity contribution in [1.29, 1.82) is 0 Å². The standard InChI is InChI=1S/C23H27NO7.C17H25NO7/c1-23(22(26)30-15-17-6-4-3-5-7-17)16-31-21(24-23)19-9-8-18(14-20(19)25)29-13-12-28-11-10-27-2;1-12(20)17(2,11-19)18-16(22)14-5-4-13(10-15(14)21)25-9-8-24-7-6-23-3/h3-9,14,25H,10-13,15-16H2,1-2H3;4-5,10,19,21H,6-9,11H2,1-3H3,(H,18,22). The predicted octanol–water partition coefficient (Wildman–Crippen LogP) is 3.22. The van der Waals surface area contributed by atoms with Gasteiger partial charge in [-0.1, -0.05) is 30.3 Å². The zero-order valence-corrected chi connectivity index (χ0v) is 32.4. The molecule has 1 amide bonds. The van der Waals surface area contributed by atoms with Gasteiger partial charge in [-0.2, -0.15) is 0 Å². The molecule has 0 fully saturated rings. The molecule has 3 aromatic rings. The number of nitrogens with zero attached hydrogens (tertiary/aromatic N) is 1. The van der Waals surface area contributed by atoms with Crippen LogP contribution in [0.3, 0.4) is 0 Å². The topological polar surface area (TPSA) is 210 Å². The van der Waals surface area contributed by atoms with E-state index in [1.54, 1.807) is 33.3 Å². The summed E-state index contributed by atoms with van der Waals surface area (Å²) < 4.78 is 42.3. The van der Waals surface area contributed by atoms with Crippen LogP contribution in [-0.2, 0) is 44.6 Å². The van der Waals surface area contributed by atoms with E-state index in [4.69, 9.17) is 37.9 Å². The van der Waals surface area contributed by atoms with Crippen molar-refractivity contribution in [2.45, 2.75) is 38.5 Å². The Bertz CT molecular complexity index is 1740. The summed E-state index contributed by atoms with van der Waals surface area (Å²) >= 11 is 0. The Balaban J connectivity index is 0.000000308. The van der Waals surface area contributed by atoms with Gasteiger partial charge in [-0.15, -0.1) is 0 Å². The van der Waals surface area contributed by atoms with Gasteiger partial charge in [-0.3, -0.25) is 9.59 Å². The second-order valence-corrected chi connectivity index (χ2v) is 12.8. The van der Waals surface area contributed by atoms with Gasteiger partial charge in [0.1, 0.15) is 55.0 Å². The Kier molecular flexibility index (Phi) is 18.5. The van der Waals surface area contributed by atoms with Gasteiger partial charge < -0.3 is 58.5 Å². The summed E-state index contributed by atoms with van der Waals surface area (Å²) in [6, 6.07) is 18.4. The van der Waals surface area contributed by atoms with Gasteiger partial charge in [0.15, 0.2) is 11.3 Å². The number of aliphatic hydroxyl groups excluding tert-OH is 1. The summed E-state index contributed by atoms with van der Waals surface area (Å²) in [5.74, 6) is -0.848. The van der Waals surface area contributed by atoms with Crippen molar-refractivity contribution in [2.24, 2.45) is 4.99 Å². The van der Waals surface area contributed by atoms with E-state index in [0.717, 1.165) is 5.56 Å². The van der Waals surface area contributed by atoms with Crippen LogP contribution in [0.15, 0.2) is 71.7 Å². The van der Waals surface area contributed by atoms with Crippen molar-refractivity contribution in [3.8, 4) is 23.0 Å². The highest BCUT2D eigenvalue weighted by atomic mass is 16.6. The van der Waals surface area contributed by atoms with Crippen LogP contribution in [0.5, 0.6) is 23.0 Å². The van der Waals surface area contributed by atoms with E-state index in [1.165, 1.54) is 38.1 Å². The summed E-state index contributed by atoms with van der Waals surface area (Å²) in [4.78, 5) is 40.7. The number of aliphatic imine (C=N–C) groups is 1. The highest BCUT2D eigenvalue weighted by Gasteiger charge is 2.42. The molecule has 1 aliphatic heterocycles. The Morgan fingerprint density at radius 1 is 0.821 bits per heavy atom. The van der Waals surface area contributed by atoms with Crippen molar-refractivity contribution < 1.29 is 67.6 Å². The Hall–Kier alpha value is -5.26. The van der Waals surface area contributed by atoms with E-state index in [2.05, 4.69) is 10.3 Å². The number of nitrogens with one attached hydrogen (secondary N) is 1. The van der Waals surface area contributed by atoms with Crippen LogP contribution >= 0.6 is 0 Å². The quantitative estimate of drug-likeness (QED) is 0.0852. The van der Waals surface area contributed by atoms with Crippen LogP contribution in [-0.4, -0.2) is 130 Å². The fraction of sp³-hybridized carbons (Fsp3) is 0.450. The number of carbonyl (C=O) groups is 3. The first-order valence-electron chi connectivity index (χ1n) is 17.8. The number of phenols is 2. The van der Waals surface area contributed by atoms with Crippen molar-refractivity contribution in [1.82, 2.24) is 5.32 Å². The second kappa shape index (κ2) is 23.0. The zero-order valence-electron chi connectivity index (χ0n) is 32.4. The third kappa shape index (κ3) is 14.1. The Morgan fingerprint density at radius 2 is 1.39 bits per heavy atom. The van der Waals surface area contributed by atoms with Crippen molar-refractivity contribution in [3.63, 3.8) is 0 Å². The van der Waals surface area contributed by atoms with Gasteiger partial charge in [0.2, 0.25) is 5.90 Å². The van der Waals surface area contributed by atoms with Gasteiger partial charge in [0.05, 0.1) is 57.4 Å². The van der Waals surface area contributed by atoms with E-state index in [9.17, 15) is 29.7 Å². The number of amides is 1. The maximum Gasteiger partial charge on any atom is 0.337 e. The molecule has 2 unspecified atom stereocenters. The smallest absolute Gasteiger partial charge is 0.337 e. The lowest BCUT2D eigenvalue weighted by molar-refractivity contribution is -0.151. The summed E-state index contributed by atoms with van der Waals surface area (Å²) in [6.07, 6.45) is 0. The number of aromatic hydroxyl groups is 2. The third-order valence-corrected chi connectivity index (χ3v) is 8.24. The number of hydrogen-bond acceptors (Lipinski definition) is 15. The van der Waals surface area contributed by atoms with Crippen LogP contribution in [0.4, 0.5) is 0 Å². The molecule has 16 heteroatoms. The van der Waals surface area contributed by atoms with Crippen molar-refractivity contribution in [3.05, 3.63) is 83.4 Å².